The summed E-state index contributed by atoms with van der Waals surface area (Å²) in [5.41, 5.74) is 1.36. The molecule has 0 spiro atoms. The molecule has 0 aromatic heterocycles. The van der Waals surface area contributed by atoms with Gasteiger partial charge in [0.25, 0.3) is 0 Å². The lowest BCUT2D eigenvalue weighted by Gasteiger charge is -2.27. The molecule has 1 unspecified atom stereocenters. The summed E-state index contributed by atoms with van der Waals surface area (Å²) in [6.07, 6.45) is 3.99. The summed E-state index contributed by atoms with van der Waals surface area (Å²) in [4.78, 5) is 0. The molecule has 1 aliphatic rings. The SMILES string of the molecule is CCNC(CC1CCSCC1)c1cccc(OC)c1. The lowest BCUT2D eigenvalue weighted by atomic mass is 9.90. The van der Waals surface area contributed by atoms with Crippen molar-refractivity contribution in [1.82, 2.24) is 5.32 Å². The number of thioether (sulfide) groups is 1. The summed E-state index contributed by atoms with van der Waals surface area (Å²) >= 11 is 2.10. The third kappa shape index (κ3) is 4.43. The Kier molecular flexibility index (Phi) is 6.05. The largest absolute Gasteiger partial charge is 0.497 e. The van der Waals surface area contributed by atoms with Gasteiger partial charge >= 0.3 is 0 Å². The maximum Gasteiger partial charge on any atom is 0.119 e. The van der Waals surface area contributed by atoms with E-state index in [2.05, 4.69) is 42.2 Å². The monoisotopic (exact) mass is 279 g/mol. The minimum absolute atomic E-state index is 0.466. The van der Waals surface area contributed by atoms with Gasteiger partial charge in [-0.15, -0.1) is 0 Å². The molecule has 0 bridgehead atoms. The average Bonchev–Trinajstić information content (AvgIpc) is 2.48. The molecule has 0 amide bonds. The van der Waals surface area contributed by atoms with Gasteiger partial charge in [-0.25, -0.2) is 0 Å². The molecule has 0 aliphatic carbocycles. The summed E-state index contributed by atoms with van der Waals surface area (Å²) in [6.45, 7) is 3.20. The quantitative estimate of drug-likeness (QED) is 0.854. The van der Waals surface area contributed by atoms with Crippen LogP contribution in [-0.4, -0.2) is 25.2 Å². The standard InChI is InChI=1S/C16H25NOS/c1-3-17-16(11-13-7-9-19-10-8-13)14-5-4-6-15(12-14)18-2/h4-6,12-13,16-17H,3,7-11H2,1-2H3. The second-order valence-electron chi connectivity index (χ2n) is 5.18. The fraction of sp³-hybridized carbons (Fsp3) is 0.625. The van der Waals surface area contributed by atoms with Gasteiger partial charge in [0.1, 0.15) is 5.75 Å². The topological polar surface area (TPSA) is 21.3 Å². The van der Waals surface area contributed by atoms with Crippen LogP contribution < -0.4 is 10.1 Å². The number of rotatable bonds is 6. The Labute approximate surface area is 121 Å². The Morgan fingerprint density at radius 2 is 2.16 bits per heavy atom. The molecule has 1 aliphatic heterocycles. The summed E-state index contributed by atoms with van der Waals surface area (Å²) in [5.74, 6) is 4.50. The number of nitrogens with one attached hydrogen (secondary N) is 1. The first-order chi connectivity index (χ1) is 9.33. The van der Waals surface area contributed by atoms with Gasteiger partial charge in [0.2, 0.25) is 0 Å². The Hall–Kier alpha value is -0.670. The van der Waals surface area contributed by atoms with Crippen molar-refractivity contribution in [1.29, 1.82) is 0 Å². The van der Waals surface area contributed by atoms with Crippen molar-refractivity contribution in [3.8, 4) is 5.75 Å². The van der Waals surface area contributed by atoms with E-state index in [9.17, 15) is 0 Å². The fourth-order valence-corrected chi connectivity index (χ4v) is 3.96. The van der Waals surface area contributed by atoms with Crippen LogP contribution in [-0.2, 0) is 0 Å². The molecule has 3 heteroatoms. The van der Waals surface area contributed by atoms with Crippen LogP contribution in [0.5, 0.6) is 5.75 Å². The van der Waals surface area contributed by atoms with E-state index in [4.69, 9.17) is 4.74 Å². The maximum atomic E-state index is 5.34. The number of ether oxygens (including phenoxy) is 1. The first-order valence-corrected chi connectivity index (χ1v) is 8.44. The van der Waals surface area contributed by atoms with Gasteiger partial charge < -0.3 is 10.1 Å². The van der Waals surface area contributed by atoms with Crippen LogP contribution in [0.25, 0.3) is 0 Å². The van der Waals surface area contributed by atoms with Crippen molar-refractivity contribution < 1.29 is 4.74 Å². The van der Waals surface area contributed by atoms with Gasteiger partial charge in [-0.2, -0.15) is 11.8 Å². The van der Waals surface area contributed by atoms with Crippen LogP contribution in [0, 0.1) is 5.92 Å². The van der Waals surface area contributed by atoms with Crippen molar-refractivity contribution in [3.63, 3.8) is 0 Å². The smallest absolute Gasteiger partial charge is 0.119 e. The van der Waals surface area contributed by atoms with Gasteiger partial charge in [0.15, 0.2) is 0 Å². The Morgan fingerprint density at radius 3 is 2.84 bits per heavy atom. The molecule has 106 valence electrons. The van der Waals surface area contributed by atoms with Crippen LogP contribution in [0.4, 0.5) is 0 Å². The molecule has 0 radical (unpaired) electrons. The van der Waals surface area contributed by atoms with Crippen LogP contribution in [0.15, 0.2) is 24.3 Å². The van der Waals surface area contributed by atoms with E-state index in [1.54, 1.807) is 7.11 Å². The van der Waals surface area contributed by atoms with Crippen LogP contribution in [0.1, 0.15) is 37.8 Å². The van der Waals surface area contributed by atoms with E-state index < -0.39 is 0 Å². The molecule has 1 aromatic carbocycles. The molecule has 1 atom stereocenters. The summed E-state index contributed by atoms with van der Waals surface area (Å²) < 4.78 is 5.34. The zero-order valence-electron chi connectivity index (χ0n) is 12.0. The molecule has 1 saturated heterocycles. The highest BCUT2D eigenvalue weighted by atomic mass is 32.2. The minimum atomic E-state index is 0.466. The molecule has 1 aromatic rings. The number of hydrogen-bond acceptors (Lipinski definition) is 3. The van der Waals surface area contributed by atoms with E-state index in [1.165, 1.54) is 36.3 Å². The molecule has 1 fully saturated rings. The Balaban J connectivity index is 2.04. The minimum Gasteiger partial charge on any atom is -0.497 e. The maximum absolute atomic E-state index is 5.34. The zero-order chi connectivity index (χ0) is 13.5. The lowest BCUT2D eigenvalue weighted by Crippen LogP contribution is -2.25. The Morgan fingerprint density at radius 1 is 1.37 bits per heavy atom. The van der Waals surface area contributed by atoms with Gasteiger partial charge in [0.05, 0.1) is 7.11 Å². The molecule has 2 nitrogen and oxygen atoms in total. The molecule has 1 heterocycles. The van der Waals surface area contributed by atoms with E-state index in [0.717, 1.165) is 18.2 Å². The Bertz CT molecular complexity index is 377. The lowest BCUT2D eigenvalue weighted by molar-refractivity contribution is 0.372. The molecule has 19 heavy (non-hydrogen) atoms. The second-order valence-corrected chi connectivity index (χ2v) is 6.40. The highest BCUT2D eigenvalue weighted by molar-refractivity contribution is 7.99. The van der Waals surface area contributed by atoms with Gasteiger partial charge in [0, 0.05) is 6.04 Å². The van der Waals surface area contributed by atoms with Crippen molar-refractivity contribution in [3.05, 3.63) is 29.8 Å². The number of hydrogen-bond donors (Lipinski definition) is 1. The van der Waals surface area contributed by atoms with Crippen molar-refractivity contribution in [2.45, 2.75) is 32.2 Å². The molecule has 2 rings (SSSR count). The predicted molar refractivity (Wildman–Crippen MR) is 84.1 cm³/mol. The third-order valence-corrected chi connectivity index (χ3v) is 4.91. The normalized spacial score (nSPS) is 18.2. The summed E-state index contributed by atoms with van der Waals surface area (Å²) in [5, 5.41) is 3.64. The third-order valence-electron chi connectivity index (χ3n) is 3.86. The highest BCUT2D eigenvalue weighted by Gasteiger charge is 2.20. The van der Waals surface area contributed by atoms with Crippen LogP contribution >= 0.6 is 11.8 Å². The zero-order valence-corrected chi connectivity index (χ0v) is 12.8. The molecule has 1 N–H and O–H groups in total. The predicted octanol–water partition coefficient (Wildman–Crippen LogP) is 3.88. The van der Waals surface area contributed by atoms with Crippen LogP contribution in [0.3, 0.4) is 0 Å². The van der Waals surface area contributed by atoms with E-state index >= 15 is 0 Å². The summed E-state index contributed by atoms with van der Waals surface area (Å²) in [7, 11) is 1.74. The van der Waals surface area contributed by atoms with Crippen molar-refractivity contribution >= 4 is 11.8 Å². The van der Waals surface area contributed by atoms with E-state index in [1.807, 2.05) is 6.07 Å². The summed E-state index contributed by atoms with van der Waals surface area (Å²) in [6, 6.07) is 8.96. The van der Waals surface area contributed by atoms with Crippen molar-refractivity contribution in [2.75, 3.05) is 25.2 Å². The highest BCUT2D eigenvalue weighted by Crippen LogP contribution is 2.31. The molecule has 0 saturated carbocycles. The molecular formula is C16H25NOS. The fourth-order valence-electron chi connectivity index (χ4n) is 2.76. The van der Waals surface area contributed by atoms with Gasteiger partial charge in [-0.3, -0.25) is 0 Å². The second kappa shape index (κ2) is 7.81. The first-order valence-electron chi connectivity index (χ1n) is 7.28. The van der Waals surface area contributed by atoms with Gasteiger partial charge in [-0.1, -0.05) is 19.1 Å². The number of benzene rings is 1. The van der Waals surface area contributed by atoms with E-state index in [-0.39, 0.29) is 0 Å². The van der Waals surface area contributed by atoms with Crippen LogP contribution in [0.2, 0.25) is 0 Å². The molecular weight excluding hydrogens is 254 g/mol. The van der Waals surface area contributed by atoms with E-state index in [0.29, 0.717) is 6.04 Å². The van der Waals surface area contributed by atoms with Gasteiger partial charge in [-0.05, 0) is 60.9 Å². The van der Waals surface area contributed by atoms with Crippen molar-refractivity contribution in [2.24, 2.45) is 5.92 Å². The average molecular weight is 279 g/mol. The first kappa shape index (κ1) is 14.7. The number of methoxy groups -OCH3 is 1.